The maximum Gasteiger partial charge on any atom is 0.188 e. The Bertz CT molecular complexity index is 861. The van der Waals surface area contributed by atoms with Crippen LogP contribution in [0, 0.1) is 0 Å². The van der Waals surface area contributed by atoms with Crippen molar-refractivity contribution in [3.8, 4) is 5.75 Å². The molecule has 4 nitrogen and oxygen atoms in total. The number of anilines is 1. The number of rotatable bonds is 5. The normalized spacial score (nSPS) is 11.4. The van der Waals surface area contributed by atoms with E-state index < -0.39 is 0 Å². The summed E-state index contributed by atoms with van der Waals surface area (Å²) in [6, 6.07) is 11.6. The van der Waals surface area contributed by atoms with Gasteiger partial charge in [0.15, 0.2) is 6.79 Å². The standard InChI is InChI=1S/C17H15BrN2O2S/c1-21-10-22-15-6-2-11(8-13(15)18)3-7-17-20-14-5-4-12(19)9-16(14)23-17/h2-9H,10,19H2,1H3. The molecular formula is C17H15BrN2O2S. The zero-order valence-electron chi connectivity index (χ0n) is 12.5. The molecule has 0 aliphatic heterocycles. The lowest BCUT2D eigenvalue weighted by atomic mass is 10.2. The molecule has 3 aromatic rings. The minimum atomic E-state index is 0.225. The average molecular weight is 391 g/mol. The first-order valence-corrected chi connectivity index (χ1v) is 8.52. The molecule has 0 amide bonds. The molecule has 6 heteroatoms. The van der Waals surface area contributed by atoms with Crippen molar-refractivity contribution in [3.05, 3.63) is 51.4 Å². The molecule has 0 spiro atoms. The second kappa shape index (κ2) is 7.12. The van der Waals surface area contributed by atoms with E-state index >= 15 is 0 Å². The van der Waals surface area contributed by atoms with Crippen LogP contribution in [0.5, 0.6) is 5.75 Å². The summed E-state index contributed by atoms with van der Waals surface area (Å²) < 4.78 is 12.3. The van der Waals surface area contributed by atoms with Gasteiger partial charge in [0.05, 0.1) is 14.7 Å². The second-order valence-corrected chi connectivity index (χ2v) is 6.77. The fourth-order valence-electron chi connectivity index (χ4n) is 2.06. The molecule has 0 aliphatic carbocycles. The number of ether oxygens (including phenoxy) is 2. The van der Waals surface area contributed by atoms with Crippen LogP contribution in [0.3, 0.4) is 0 Å². The van der Waals surface area contributed by atoms with Gasteiger partial charge in [0.1, 0.15) is 10.8 Å². The Labute approximate surface area is 146 Å². The molecule has 0 radical (unpaired) electrons. The van der Waals surface area contributed by atoms with E-state index in [-0.39, 0.29) is 6.79 Å². The number of nitrogens with two attached hydrogens (primary N) is 1. The van der Waals surface area contributed by atoms with Gasteiger partial charge < -0.3 is 15.2 Å². The summed E-state index contributed by atoms with van der Waals surface area (Å²) in [4.78, 5) is 4.57. The van der Waals surface area contributed by atoms with Crippen molar-refractivity contribution in [3.63, 3.8) is 0 Å². The number of thiazole rings is 1. The van der Waals surface area contributed by atoms with Gasteiger partial charge in [0.25, 0.3) is 0 Å². The van der Waals surface area contributed by atoms with Crippen LogP contribution in [0.2, 0.25) is 0 Å². The highest BCUT2D eigenvalue weighted by Crippen LogP contribution is 2.28. The molecule has 0 saturated heterocycles. The van der Waals surface area contributed by atoms with E-state index in [0.717, 1.165) is 36.7 Å². The average Bonchev–Trinajstić information content (AvgIpc) is 2.94. The van der Waals surface area contributed by atoms with Crippen LogP contribution in [0.4, 0.5) is 5.69 Å². The number of halogens is 1. The number of hydrogen-bond donors (Lipinski definition) is 1. The van der Waals surface area contributed by atoms with Gasteiger partial charge in [0, 0.05) is 12.8 Å². The second-order valence-electron chi connectivity index (χ2n) is 4.85. The van der Waals surface area contributed by atoms with E-state index in [2.05, 4.69) is 20.9 Å². The van der Waals surface area contributed by atoms with Crippen LogP contribution in [0.15, 0.2) is 40.9 Å². The van der Waals surface area contributed by atoms with Crippen LogP contribution in [0.1, 0.15) is 10.6 Å². The monoisotopic (exact) mass is 390 g/mol. The summed E-state index contributed by atoms with van der Waals surface area (Å²) in [7, 11) is 1.59. The van der Waals surface area contributed by atoms with Gasteiger partial charge in [-0.2, -0.15) is 0 Å². The third-order valence-corrected chi connectivity index (χ3v) is 4.74. The van der Waals surface area contributed by atoms with Gasteiger partial charge in [-0.25, -0.2) is 4.98 Å². The fourth-order valence-corrected chi connectivity index (χ4v) is 3.49. The molecule has 2 N–H and O–H groups in total. The maximum absolute atomic E-state index is 5.80. The smallest absolute Gasteiger partial charge is 0.188 e. The summed E-state index contributed by atoms with van der Waals surface area (Å²) in [6.45, 7) is 0.225. The van der Waals surface area contributed by atoms with Gasteiger partial charge in [-0.1, -0.05) is 12.1 Å². The Morgan fingerprint density at radius 3 is 2.87 bits per heavy atom. The van der Waals surface area contributed by atoms with Crippen molar-refractivity contribution in [1.82, 2.24) is 4.98 Å². The molecule has 3 rings (SSSR count). The summed E-state index contributed by atoms with van der Waals surface area (Å²) in [5.41, 5.74) is 8.58. The van der Waals surface area contributed by atoms with E-state index in [1.54, 1.807) is 18.4 Å². The van der Waals surface area contributed by atoms with Crippen molar-refractivity contribution in [2.75, 3.05) is 19.6 Å². The number of hydrogen-bond acceptors (Lipinski definition) is 5. The number of nitrogens with zero attached hydrogens (tertiary/aromatic N) is 1. The van der Waals surface area contributed by atoms with Gasteiger partial charge in [-0.05, 0) is 57.9 Å². The number of aromatic nitrogens is 1. The van der Waals surface area contributed by atoms with E-state index in [0.29, 0.717) is 0 Å². The third kappa shape index (κ3) is 3.90. The van der Waals surface area contributed by atoms with E-state index in [9.17, 15) is 0 Å². The van der Waals surface area contributed by atoms with Crippen LogP contribution >= 0.6 is 27.3 Å². The highest BCUT2D eigenvalue weighted by molar-refractivity contribution is 9.10. The van der Waals surface area contributed by atoms with Gasteiger partial charge in [-0.15, -0.1) is 11.3 Å². The Morgan fingerprint density at radius 2 is 2.09 bits per heavy atom. The van der Waals surface area contributed by atoms with E-state index in [4.69, 9.17) is 15.2 Å². The van der Waals surface area contributed by atoms with Gasteiger partial charge >= 0.3 is 0 Å². The van der Waals surface area contributed by atoms with Crippen LogP contribution in [-0.4, -0.2) is 18.9 Å². The minimum absolute atomic E-state index is 0.225. The Morgan fingerprint density at radius 1 is 1.22 bits per heavy atom. The zero-order chi connectivity index (χ0) is 16.2. The number of nitrogen functional groups attached to an aromatic ring is 1. The van der Waals surface area contributed by atoms with Crippen molar-refractivity contribution in [1.29, 1.82) is 0 Å². The summed E-state index contributed by atoms with van der Waals surface area (Å²) in [6.07, 6.45) is 4.02. The molecule has 0 bridgehead atoms. The van der Waals surface area contributed by atoms with Gasteiger partial charge in [-0.3, -0.25) is 0 Å². The maximum atomic E-state index is 5.80. The molecule has 0 unspecified atom stereocenters. The molecule has 0 fully saturated rings. The quantitative estimate of drug-likeness (QED) is 0.502. The Kier molecular flexibility index (Phi) is 4.95. The molecular weight excluding hydrogens is 376 g/mol. The lowest BCUT2D eigenvalue weighted by Crippen LogP contribution is -1.99. The predicted molar refractivity (Wildman–Crippen MR) is 99.6 cm³/mol. The molecule has 118 valence electrons. The van der Waals surface area contributed by atoms with Crippen LogP contribution < -0.4 is 10.5 Å². The number of benzene rings is 2. The van der Waals surface area contributed by atoms with Crippen molar-refractivity contribution < 1.29 is 9.47 Å². The minimum Gasteiger partial charge on any atom is -0.466 e. The number of methoxy groups -OCH3 is 1. The molecule has 1 aromatic heterocycles. The molecule has 23 heavy (non-hydrogen) atoms. The fraction of sp³-hybridized carbons (Fsp3) is 0.118. The molecule has 0 saturated carbocycles. The topological polar surface area (TPSA) is 57.4 Å². The molecule has 1 heterocycles. The van der Waals surface area contributed by atoms with Gasteiger partial charge in [0.2, 0.25) is 0 Å². The predicted octanol–water partition coefficient (Wildman–Crippen LogP) is 4.79. The van der Waals surface area contributed by atoms with E-state index in [1.165, 1.54) is 0 Å². The SMILES string of the molecule is COCOc1ccc(C=Cc2nc3ccc(N)cc3s2)cc1Br. The third-order valence-electron chi connectivity index (χ3n) is 3.14. The zero-order valence-corrected chi connectivity index (χ0v) is 14.9. The Balaban J connectivity index is 1.79. The first-order chi connectivity index (χ1) is 11.2. The van der Waals surface area contributed by atoms with Crippen molar-refractivity contribution in [2.45, 2.75) is 0 Å². The first kappa shape index (κ1) is 16.0. The van der Waals surface area contributed by atoms with Crippen molar-refractivity contribution >= 4 is 55.3 Å². The highest BCUT2D eigenvalue weighted by atomic mass is 79.9. The summed E-state index contributed by atoms with van der Waals surface area (Å²) in [5.74, 6) is 0.750. The lowest BCUT2D eigenvalue weighted by molar-refractivity contribution is 0.0506. The van der Waals surface area contributed by atoms with Crippen LogP contribution in [-0.2, 0) is 4.74 Å². The largest absolute Gasteiger partial charge is 0.466 e. The lowest BCUT2D eigenvalue weighted by Gasteiger charge is -2.07. The Hall–Kier alpha value is -1.89. The highest BCUT2D eigenvalue weighted by Gasteiger charge is 2.03. The summed E-state index contributed by atoms with van der Waals surface area (Å²) >= 11 is 5.12. The molecule has 0 aliphatic rings. The molecule has 0 atom stereocenters. The summed E-state index contributed by atoms with van der Waals surface area (Å²) in [5, 5.41) is 0.946. The van der Waals surface area contributed by atoms with Crippen molar-refractivity contribution in [2.24, 2.45) is 0 Å². The van der Waals surface area contributed by atoms with Crippen LogP contribution in [0.25, 0.3) is 22.4 Å². The molecule has 2 aromatic carbocycles. The number of fused-ring (bicyclic) bond motifs is 1. The van der Waals surface area contributed by atoms with E-state index in [1.807, 2.05) is 48.6 Å². The first-order valence-electron chi connectivity index (χ1n) is 6.91.